The highest BCUT2D eigenvalue weighted by Crippen LogP contribution is 2.38. The van der Waals surface area contributed by atoms with E-state index in [-0.39, 0.29) is 5.92 Å². The van der Waals surface area contributed by atoms with E-state index in [0.29, 0.717) is 5.92 Å². The predicted octanol–water partition coefficient (Wildman–Crippen LogP) is 4.57. The summed E-state index contributed by atoms with van der Waals surface area (Å²) in [4.78, 5) is 0. The van der Waals surface area contributed by atoms with Crippen LogP contribution in [-0.4, -0.2) is 13.1 Å². The van der Waals surface area contributed by atoms with Crippen molar-refractivity contribution in [1.29, 1.82) is 0 Å². The fourth-order valence-electron chi connectivity index (χ4n) is 3.23. The molecule has 0 radical (unpaired) electrons. The van der Waals surface area contributed by atoms with Crippen molar-refractivity contribution in [2.24, 2.45) is 0 Å². The second-order valence-corrected chi connectivity index (χ2v) is 5.74. The molecule has 22 heavy (non-hydrogen) atoms. The summed E-state index contributed by atoms with van der Waals surface area (Å²) in [5, 5.41) is 3.39. The minimum atomic E-state index is -4.27. The van der Waals surface area contributed by atoms with Crippen molar-refractivity contribution in [3.05, 3.63) is 71.3 Å². The van der Waals surface area contributed by atoms with Crippen LogP contribution in [-0.2, 0) is 6.18 Å². The Bertz CT molecular complexity index is 604. The van der Waals surface area contributed by atoms with Crippen LogP contribution in [0.25, 0.3) is 0 Å². The number of benzene rings is 2. The van der Waals surface area contributed by atoms with Gasteiger partial charge in [-0.15, -0.1) is 0 Å². The summed E-state index contributed by atoms with van der Waals surface area (Å²) in [6.45, 7) is 1.75. The number of rotatable bonds is 2. The Morgan fingerprint density at radius 1 is 0.818 bits per heavy atom. The zero-order valence-corrected chi connectivity index (χ0v) is 12.1. The molecule has 3 rings (SSSR count). The molecule has 0 spiro atoms. The summed E-state index contributed by atoms with van der Waals surface area (Å²) >= 11 is 0. The maximum atomic E-state index is 12.7. The first-order valence-electron chi connectivity index (χ1n) is 7.48. The van der Waals surface area contributed by atoms with Gasteiger partial charge in [-0.3, -0.25) is 0 Å². The zero-order chi connectivity index (χ0) is 15.6. The molecule has 0 aromatic heterocycles. The van der Waals surface area contributed by atoms with Gasteiger partial charge < -0.3 is 5.32 Å². The zero-order valence-electron chi connectivity index (χ0n) is 12.1. The molecule has 1 heterocycles. The van der Waals surface area contributed by atoms with Crippen LogP contribution in [0.15, 0.2) is 54.6 Å². The van der Waals surface area contributed by atoms with Crippen molar-refractivity contribution in [3.63, 3.8) is 0 Å². The summed E-state index contributed by atoms with van der Waals surface area (Å²) in [6.07, 6.45) is -3.34. The van der Waals surface area contributed by atoms with E-state index in [9.17, 15) is 13.2 Å². The number of halogens is 3. The van der Waals surface area contributed by atoms with Gasteiger partial charge in [0.2, 0.25) is 0 Å². The van der Waals surface area contributed by atoms with Crippen molar-refractivity contribution >= 4 is 0 Å². The average Bonchev–Trinajstić information content (AvgIpc) is 2.55. The standard InChI is InChI=1S/C18H18F3N/c19-18(20,21)15-8-6-14(7-9-15)16-10-11-22-12-17(16)13-4-2-1-3-5-13/h1-9,16-17,22H,10-12H2/t16-,17+/m0/s1. The van der Waals surface area contributed by atoms with Gasteiger partial charge in [-0.2, -0.15) is 13.2 Å². The summed E-state index contributed by atoms with van der Waals surface area (Å²) in [5.74, 6) is 0.553. The van der Waals surface area contributed by atoms with Gasteiger partial charge in [0.25, 0.3) is 0 Å². The van der Waals surface area contributed by atoms with E-state index in [1.165, 1.54) is 17.7 Å². The molecule has 1 nitrogen and oxygen atoms in total. The average molecular weight is 305 g/mol. The molecule has 116 valence electrons. The fraction of sp³-hybridized carbons (Fsp3) is 0.333. The molecular weight excluding hydrogens is 287 g/mol. The van der Waals surface area contributed by atoms with E-state index >= 15 is 0 Å². The summed E-state index contributed by atoms with van der Waals surface area (Å²) in [5.41, 5.74) is 1.64. The second-order valence-electron chi connectivity index (χ2n) is 5.74. The second kappa shape index (κ2) is 6.13. The Morgan fingerprint density at radius 2 is 1.45 bits per heavy atom. The van der Waals surface area contributed by atoms with Gasteiger partial charge in [0.15, 0.2) is 0 Å². The third kappa shape index (κ3) is 3.17. The molecule has 4 heteroatoms. The number of piperidine rings is 1. The molecular formula is C18H18F3N. The van der Waals surface area contributed by atoms with Gasteiger partial charge >= 0.3 is 6.18 Å². The third-order valence-corrected chi connectivity index (χ3v) is 4.38. The van der Waals surface area contributed by atoms with Crippen molar-refractivity contribution in [1.82, 2.24) is 5.32 Å². The van der Waals surface area contributed by atoms with Crippen LogP contribution in [0.3, 0.4) is 0 Å². The highest BCUT2D eigenvalue weighted by Gasteiger charge is 2.32. The van der Waals surface area contributed by atoms with E-state index in [2.05, 4.69) is 17.4 Å². The van der Waals surface area contributed by atoms with Crippen LogP contribution < -0.4 is 5.32 Å². The van der Waals surface area contributed by atoms with Gasteiger partial charge in [0.1, 0.15) is 0 Å². The molecule has 2 aromatic carbocycles. The molecule has 1 aliphatic rings. The van der Waals surface area contributed by atoms with Crippen LogP contribution in [0.4, 0.5) is 13.2 Å². The molecule has 0 unspecified atom stereocenters. The smallest absolute Gasteiger partial charge is 0.316 e. The summed E-state index contributed by atoms with van der Waals surface area (Å²) in [7, 11) is 0. The summed E-state index contributed by atoms with van der Waals surface area (Å²) in [6, 6.07) is 15.8. The number of nitrogens with one attached hydrogen (secondary N) is 1. The Hall–Kier alpha value is -1.81. The fourth-order valence-corrected chi connectivity index (χ4v) is 3.23. The lowest BCUT2D eigenvalue weighted by atomic mass is 9.77. The van der Waals surface area contributed by atoms with E-state index in [4.69, 9.17) is 0 Å². The monoisotopic (exact) mass is 305 g/mol. The molecule has 0 aliphatic carbocycles. The molecule has 0 saturated carbocycles. The van der Waals surface area contributed by atoms with Gasteiger partial charge in [-0.25, -0.2) is 0 Å². The topological polar surface area (TPSA) is 12.0 Å². The van der Waals surface area contributed by atoms with Crippen LogP contribution in [0, 0.1) is 0 Å². The quantitative estimate of drug-likeness (QED) is 0.857. The van der Waals surface area contributed by atoms with E-state index in [1.54, 1.807) is 12.1 Å². The molecule has 2 aromatic rings. The molecule has 1 saturated heterocycles. The van der Waals surface area contributed by atoms with Crippen LogP contribution in [0.2, 0.25) is 0 Å². The largest absolute Gasteiger partial charge is 0.416 e. The van der Waals surface area contributed by atoms with Crippen LogP contribution >= 0.6 is 0 Å². The van der Waals surface area contributed by atoms with Crippen molar-refractivity contribution < 1.29 is 13.2 Å². The lowest BCUT2D eigenvalue weighted by molar-refractivity contribution is -0.137. The van der Waals surface area contributed by atoms with Gasteiger partial charge in [0, 0.05) is 12.5 Å². The molecule has 1 aliphatic heterocycles. The molecule has 2 atom stereocenters. The maximum Gasteiger partial charge on any atom is 0.416 e. The lowest BCUT2D eigenvalue weighted by Gasteiger charge is -2.33. The van der Waals surface area contributed by atoms with Gasteiger partial charge in [-0.05, 0) is 42.1 Å². The first kappa shape index (κ1) is 15.1. The van der Waals surface area contributed by atoms with Gasteiger partial charge in [-0.1, -0.05) is 42.5 Å². The molecule has 0 amide bonds. The van der Waals surface area contributed by atoms with Crippen LogP contribution in [0.5, 0.6) is 0 Å². The van der Waals surface area contributed by atoms with Gasteiger partial charge in [0.05, 0.1) is 5.56 Å². The van der Waals surface area contributed by atoms with E-state index in [0.717, 1.165) is 25.1 Å². The Balaban J connectivity index is 1.88. The first-order chi connectivity index (χ1) is 10.6. The minimum Gasteiger partial charge on any atom is -0.316 e. The Kier molecular flexibility index (Phi) is 4.21. The first-order valence-corrected chi connectivity index (χ1v) is 7.48. The summed E-state index contributed by atoms with van der Waals surface area (Å²) < 4.78 is 38.1. The normalized spacial score (nSPS) is 22.5. The predicted molar refractivity (Wildman–Crippen MR) is 80.9 cm³/mol. The van der Waals surface area contributed by atoms with Crippen LogP contribution in [0.1, 0.15) is 34.9 Å². The third-order valence-electron chi connectivity index (χ3n) is 4.38. The number of hydrogen-bond acceptors (Lipinski definition) is 1. The minimum absolute atomic E-state index is 0.255. The lowest BCUT2D eigenvalue weighted by Crippen LogP contribution is -2.34. The van der Waals surface area contributed by atoms with Crippen molar-refractivity contribution in [3.8, 4) is 0 Å². The molecule has 1 fully saturated rings. The van der Waals surface area contributed by atoms with Crippen molar-refractivity contribution in [2.45, 2.75) is 24.4 Å². The highest BCUT2D eigenvalue weighted by atomic mass is 19.4. The van der Waals surface area contributed by atoms with Crippen molar-refractivity contribution in [2.75, 3.05) is 13.1 Å². The molecule has 0 bridgehead atoms. The van der Waals surface area contributed by atoms with E-state index in [1.807, 2.05) is 18.2 Å². The number of alkyl halides is 3. The van der Waals surface area contributed by atoms with E-state index < -0.39 is 11.7 Å². The Morgan fingerprint density at radius 3 is 2.09 bits per heavy atom. The highest BCUT2D eigenvalue weighted by molar-refractivity contribution is 5.32. The molecule has 1 N–H and O–H groups in total. The SMILES string of the molecule is FC(F)(F)c1ccc([C@@H]2CCNC[C@@H]2c2ccccc2)cc1. The maximum absolute atomic E-state index is 12.7. The Labute approximate surface area is 128 Å². The number of hydrogen-bond donors (Lipinski definition) is 1.